The molecule has 1 amide bonds. The van der Waals surface area contributed by atoms with Gasteiger partial charge < -0.3 is 9.80 Å². The van der Waals surface area contributed by atoms with Crippen LogP contribution in [0.2, 0.25) is 0 Å². The van der Waals surface area contributed by atoms with Gasteiger partial charge >= 0.3 is 0 Å². The minimum Gasteiger partial charge on any atom is -0.351 e. The van der Waals surface area contributed by atoms with Gasteiger partial charge in [-0.1, -0.05) is 12.1 Å². The molecule has 1 saturated heterocycles. The lowest BCUT2D eigenvalue weighted by molar-refractivity contribution is -0.126. The van der Waals surface area contributed by atoms with Crippen LogP contribution in [0.25, 0.3) is 6.08 Å². The van der Waals surface area contributed by atoms with E-state index in [1.165, 1.54) is 12.3 Å². The van der Waals surface area contributed by atoms with Crippen LogP contribution in [0.15, 0.2) is 42.7 Å². The molecular formula is C19H16N6O. The van der Waals surface area contributed by atoms with Gasteiger partial charge in [-0.15, -0.1) is 0 Å². The first-order valence-corrected chi connectivity index (χ1v) is 8.14. The highest BCUT2D eigenvalue weighted by molar-refractivity contribution is 5.92. The molecule has 1 aromatic heterocycles. The number of anilines is 1. The van der Waals surface area contributed by atoms with Crippen LogP contribution >= 0.6 is 0 Å². The van der Waals surface area contributed by atoms with E-state index in [-0.39, 0.29) is 5.91 Å². The number of hydrogen-bond acceptors (Lipinski definition) is 6. The standard InChI is InChI=1S/C19H16N6O/c20-13-16-3-1-2-15(12-16)4-5-18(26)24-8-10-25(11-9-24)19-17(14-21)22-6-7-23-19/h1-7,12H,8-11H2. The minimum absolute atomic E-state index is 0.0772. The number of nitrogens with zero attached hydrogens (tertiary/aromatic N) is 6. The van der Waals surface area contributed by atoms with Crippen LogP contribution in [0.4, 0.5) is 5.82 Å². The van der Waals surface area contributed by atoms with Crippen molar-refractivity contribution in [2.75, 3.05) is 31.1 Å². The van der Waals surface area contributed by atoms with Gasteiger partial charge in [0.25, 0.3) is 0 Å². The van der Waals surface area contributed by atoms with E-state index in [1.54, 1.807) is 35.4 Å². The summed E-state index contributed by atoms with van der Waals surface area (Å²) in [7, 11) is 0. The molecule has 0 atom stereocenters. The number of benzene rings is 1. The third-order valence-electron chi connectivity index (χ3n) is 4.11. The smallest absolute Gasteiger partial charge is 0.246 e. The van der Waals surface area contributed by atoms with Crippen molar-refractivity contribution in [3.05, 3.63) is 59.6 Å². The van der Waals surface area contributed by atoms with E-state index in [4.69, 9.17) is 10.5 Å². The third-order valence-corrected chi connectivity index (χ3v) is 4.11. The van der Waals surface area contributed by atoms with Crippen molar-refractivity contribution in [1.29, 1.82) is 10.5 Å². The average molecular weight is 344 g/mol. The normalized spacial score (nSPS) is 14.1. The van der Waals surface area contributed by atoms with Crippen molar-refractivity contribution >= 4 is 17.8 Å². The van der Waals surface area contributed by atoms with Crippen molar-refractivity contribution in [2.24, 2.45) is 0 Å². The summed E-state index contributed by atoms with van der Waals surface area (Å²) in [5, 5.41) is 18.0. The highest BCUT2D eigenvalue weighted by Crippen LogP contribution is 2.16. The summed E-state index contributed by atoms with van der Waals surface area (Å²) < 4.78 is 0. The minimum atomic E-state index is -0.0772. The molecule has 2 aromatic rings. The van der Waals surface area contributed by atoms with Gasteiger partial charge in [0.1, 0.15) is 6.07 Å². The number of carbonyl (C=O) groups is 1. The molecule has 0 bridgehead atoms. The Morgan fingerprint density at radius 2 is 1.85 bits per heavy atom. The fourth-order valence-electron chi connectivity index (χ4n) is 2.76. The van der Waals surface area contributed by atoms with Gasteiger partial charge in [-0.3, -0.25) is 4.79 Å². The molecule has 7 nitrogen and oxygen atoms in total. The van der Waals surface area contributed by atoms with Crippen molar-refractivity contribution in [3.63, 3.8) is 0 Å². The largest absolute Gasteiger partial charge is 0.351 e. The number of aromatic nitrogens is 2. The quantitative estimate of drug-likeness (QED) is 0.784. The first-order chi connectivity index (χ1) is 12.7. The lowest BCUT2D eigenvalue weighted by atomic mass is 10.1. The Hall–Kier alpha value is -3.71. The maximum absolute atomic E-state index is 12.4. The molecule has 1 fully saturated rings. The average Bonchev–Trinajstić information content (AvgIpc) is 2.72. The molecule has 1 aliphatic heterocycles. The molecule has 2 heterocycles. The summed E-state index contributed by atoms with van der Waals surface area (Å²) in [4.78, 5) is 24.3. The number of piperazine rings is 1. The topological polar surface area (TPSA) is 96.9 Å². The summed E-state index contributed by atoms with van der Waals surface area (Å²) in [6.45, 7) is 2.28. The molecule has 128 valence electrons. The molecule has 1 aliphatic rings. The Morgan fingerprint density at radius 3 is 2.58 bits per heavy atom. The lowest BCUT2D eigenvalue weighted by Crippen LogP contribution is -2.48. The summed E-state index contributed by atoms with van der Waals surface area (Å²) in [5.41, 5.74) is 1.67. The second-order valence-electron chi connectivity index (χ2n) is 5.72. The van der Waals surface area contributed by atoms with Crippen LogP contribution in [0, 0.1) is 22.7 Å². The molecule has 0 spiro atoms. The van der Waals surface area contributed by atoms with Crippen LogP contribution in [-0.2, 0) is 4.79 Å². The van der Waals surface area contributed by atoms with E-state index in [0.29, 0.717) is 43.3 Å². The van der Waals surface area contributed by atoms with Crippen LogP contribution in [0.3, 0.4) is 0 Å². The van der Waals surface area contributed by atoms with Gasteiger partial charge in [-0.05, 0) is 23.8 Å². The Labute approximate surface area is 151 Å². The Kier molecular flexibility index (Phi) is 5.21. The summed E-state index contributed by atoms with van der Waals surface area (Å²) in [6, 6.07) is 11.2. The van der Waals surface area contributed by atoms with Crippen LogP contribution in [-0.4, -0.2) is 47.0 Å². The first kappa shape index (κ1) is 17.1. The second-order valence-corrected chi connectivity index (χ2v) is 5.72. The van der Waals surface area contributed by atoms with Crippen LogP contribution < -0.4 is 4.90 Å². The van der Waals surface area contributed by atoms with Crippen LogP contribution in [0.5, 0.6) is 0 Å². The zero-order valence-corrected chi connectivity index (χ0v) is 14.0. The summed E-state index contributed by atoms with van der Waals surface area (Å²) >= 11 is 0. The van der Waals surface area contributed by atoms with Gasteiger partial charge in [-0.25, -0.2) is 9.97 Å². The highest BCUT2D eigenvalue weighted by atomic mass is 16.2. The van der Waals surface area contributed by atoms with Gasteiger partial charge in [-0.2, -0.15) is 10.5 Å². The molecule has 0 radical (unpaired) electrons. The maximum Gasteiger partial charge on any atom is 0.246 e. The molecule has 0 unspecified atom stereocenters. The van der Waals surface area contributed by atoms with E-state index in [1.807, 2.05) is 17.0 Å². The monoisotopic (exact) mass is 344 g/mol. The Morgan fingerprint density at radius 1 is 1.08 bits per heavy atom. The third kappa shape index (κ3) is 3.85. The SMILES string of the molecule is N#Cc1cccc(C=CC(=O)N2CCN(c3nccnc3C#N)CC2)c1. The number of rotatable bonds is 3. The predicted octanol–water partition coefficient (Wildman–Crippen LogP) is 1.58. The van der Waals surface area contributed by atoms with Gasteiger partial charge in [0.2, 0.25) is 5.91 Å². The molecule has 0 aliphatic carbocycles. The van der Waals surface area contributed by atoms with E-state index in [0.717, 1.165) is 5.56 Å². The number of nitriles is 2. The molecule has 0 saturated carbocycles. The van der Waals surface area contributed by atoms with Gasteiger partial charge in [0.15, 0.2) is 11.5 Å². The fourth-order valence-corrected chi connectivity index (χ4v) is 2.76. The van der Waals surface area contributed by atoms with E-state index >= 15 is 0 Å². The number of amides is 1. The number of carbonyl (C=O) groups excluding carboxylic acids is 1. The van der Waals surface area contributed by atoms with Crippen molar-refractivity contribution < 1.29 is 4.79 Å². The molecular weight excluding hydrogens is 328 g/mol. The van der Waals surface area contributed by atoms with E-state index in [2.05, 4.69) is 16.0 Å². The van der Waals surface area contributed by atoms with Gasteiger partial charge in [0, 0.05) is 44.6 Å². The lowest BCUT2D eigenvalue weighted by Gasteiger charge is -2.34. The molecule has 1 aromatic carbocycles. The van der Waals surface area contributed by atoms with Crippen molar-refractivity contribution in [3.8, 4) is 12.1 Å². The Balaban J connectivity index is 1.61. The number of hydrogen-bond donors (Lipinski definition) is 0. The van der Waals surface area contributed by atoms with E-state index < -0.39 is 0 Å². The fraction of sp³-hybridized carbons (Fsp3) is 0.211. The summed E-state index contributed by atoms with van der Waals surface area (Å²) in [5.74, 6) is 0.484. The van der Waals surface area contributed by atoms with Crippen LogP contribution in [0.1, 0.15) is 16.8 Å². The zero-order chi connectivity index (χ0) is 18.4. The Bertz CT molecular complexity index is 916. The predicted molar refractivity (Wildman–Crippen MR) is 95.7 cm³/mol. The maximum atomic E-state index is 12.4. The highest BCUT2D eigenvalue weighted by Gasteiger charge is 2.22. The van der Waals surface area contributed by atoms with Gasteiger partial charge in [0.05, 0.1) is 11.6 Å². The zero-order valence-electron chi connectivity index (χ0n) is 14.0. The second kappa shape index (κ2) is 7.91. The molecule has 7 heteroatoms. The summed E-state index contributed by atoms with van der Waals surface area (Å²) in [6.07, 6.45) is 6.29. The molecule has 26 heavy (non-hydrogen) atoms. The van der Waals surface area contributed by atoms with Crippen molar-refractivity contribution in [2.45, 2.75) is 0 Å². The van der Waals surface area contributed by atoms with Crippen molar-refractivity contribution in [1.82, 2.24) is 14.9 Å². The molecule has 3 rings (SSSR count). The molecule has 0 N–H and O–H groups in total. The first-order valence-electron chi connectivity index (χ1n) is 8.14. The van der Waals surface area contributed by atoms with E-state index in [9.17, 15) is 4.79 Å².